The summed E-state index contributed by atoms with van der Waals surface area (Å²) in [6.07, 6.45) is -11.5. The number of rotatable bonds is 3. The molecular weight excluding hydrogens is 388 g/mol. The van der Waals surface area contributed by atoms with Gasteiger partial charge >= 0.3 is 24.1 Å². The van der Waals surface area contributed by atoms with Crippen LogP contribution in [0.3, 0.4) is 0 Å². The number of oxime groups is 1. The molecule has 1 aromatic rings. The van der Waals surface area contributed by atoms with Gasteiger partial charge in [0.05, 0.1) is 24.3 Å². The summed E-state index contributed by atoms with van der Waals surface area (Å²) in [5.41, 5.74) is 0.541. The van der Waals surface area contributed by atoms with Crippen LogP contribution in [0.1, 0.15) is 29.3 Å². The second-order valence-electron chi connectivity index (χ2n) is 5.05. The first kappa shape index (κ1) is 22.4. The minimum Gasteiger partial charge on any atom is -0.462 e. The van der Waals surface area contributed by atoms with Gasteiger partial charge in [-0.1, -0.05) is 17.3 Å². The van der Waals surface area contributed by atoms with Gasteiger partial charge in [0.15, 0.2) is 0 Å². The number of aliphatic hydroxyl groups is 1. The number of aldehydes is 1. The third kappa shape index (κ3) is 6.24. The van der Waals surface area contributed by atoms with Crippen LogP contribution < -0.4 is 0 Å². The molecule has 12 heteroatoms. The van der Waals surface area contributed by atoms with Gasteiger partial charge < -0.3 is 14.7 Å². The van der Waals surface area contributed by atoms with E-state index in [1.165, 1.54) is 24.3 Å². The number of carbonyl (C=O) groups excluding carboxylic acids is 2. The maximum absolute atomic E-state index is 12.6. The van der Waals surface area contributed by atoms with Crippen molar-refractivity contribution in [2.75, 3.05) is 6.61 Å². The van der Waals surface area contributed by atoms with Crippen molar-refractivity contribution < 1.29 is 50.6 Å². The third-order valence-electron chi connectivity index (χ3n) is 3.02. The fraction of sp³-hybridized carbons (Fsp3) is 0.400. The molecule has 27 heavy (non-hydrogen) atoms. The summed E-state index contributed by atoms with van der Waals surface area (Å²) < 4.78 is 73.8. The van der Waals surface area contributed by atoms with Crippen LogP contribution in [-0.4, -0.2) is 47.8 Å². The molecule has 0 aromatic heterocycles. The fourth-order valence-corrected chi connectivity index (χ4v) is 1.74. The molecule has 0 bridgehead atoms. The van der Waals surface area contributed by atoms with Gasteiger partial charge in [0.25, 0.3) is 0 Å². The number of esters is 1. The summed E-state index contributed by atoms with van der Waals surface area (Å²) in [4.78, 5) is 24.3. The molecule has 0 saturated carbocycles. The molecule has 1 aromatic carbocycles. The van der Waals surface area contributed by atoms with Crippen molar-refractivity contribution >= 4 is 18.0 Å². The lowest BCUT2D eigenvalue weighted by Crippen LogP contribution is -2.45. The molecule has 1 atom stereocenters. The Balaban J connectivity index is 0.000000527. The van der Waals surface area contributed by atoms with E-state index >= 15 is 0 Å². The maximum atomic E-state index is 12.6. The Kier molecular flexibility index (Phi) is 6.95. The van der Waals surface area contributed by atoms with Crippen molar-refractivity contribution in [3.8, 4) is 0 Å². The molecule has 2 rings (SSSR count). The Morgan fingerprint density at radius 1 is 1.26 bits per heavy atom. The van der Waals surface area contributed by atoms with E-state index in [1.807, 2.05) is 0 Å². The van der Waals surface area contributed by atoms with Crippen molar-refractivity contribution in [2.24, 2.45) is 5.16 Å². The highest BCUT2D eigenvalue weighted by Crippen LogP contribution is 2.38. The normalized spacial score (nSPS) is 19.3. The molecular formula is C15H13F6NO5. The third-order valence-corrected chi connectivity index (χ3v) is 3.02. The number of hydrogen-bond donors (Lipinski definition) is 1. The highest BCUT2D eigenvalue weighted by molar-refractivity contribution is 6.02. The van der Waals surface area contributed by atoms with Gasteiger partial charge in [0.1, 0.15) is 0 Å². The lowest BCUT2D eigenvalue weighted by atomic mass is 10.0. The predicted octanol–water partition coefficient (Wildman–Crippen LogP) is 2.99. The molecule has 0 amide bonds. The van der Waals surface area contributed by atoms with Gasteiger partial charge in [-0.3, -0.25) is 4.79 Å². The van der Waals surface area contributed by atoms with Crippen molar-refractivity contribution in [1.29, 1.82) is 0 Å². The van der Waals surface area contributed by atoms with Gasteiger partial charge in [-0.2, -0.15) is 26.3 Å². The minimum absolute atomic E-state index is 0.0507. The zero-order valence-corrected chi connectivity index (χ0v) is 13.6. The molecule has 1 heterocycles. The molecule has 0 spiro atoms. The fourth-order valence-electron chi connectivity index (χ4n) is 1.74. The van der Waals surface area contributed by atoms with Crippen molar-refractivity contribution in [3.63, 3.8) is 0 Å². The van der Waals surface area contributed by atoms with E-state index in [9.17, 15) is 36.2 Å². The smallest absolute Gasteiger partial charge is 0.458 e. The Hall–Kier alpha value is -2.63. The SMILES string of the molecule is CCOC(=O)c1ccc(C2=NOC(O)(C(F)(F)F)C2)cc1.O=CC(F)(F)F. The average molecular weight is 401 g/mol. The monoisotopic (exact) mass is 401 g/mol. The maximum Gasteiger partial charge on any atom is 0.458 e. The van der Waals surface area contributed by atoms with Gasteiger partial charge in [-0.05, 0) is 24.6 Å². The molecule has 0 fully saturated rings. The number of hydrogen-bond acceptors (Lipinski definition) is 6. The number of nitrogens with zero attached hydrogens (tertiary/aromatic N) is 1. The Morgan fingerprint density at radius 2 is 1.78 bits per heavy atom. The Labute approximate surface area is 148 Å². The Morgan fingerprint density at radius 3 is 2.15 bits per heavy atom. The zero-order chi connectivity index (χ0) is 20.9. The van der Waals surface area contributed by atoms with Crippen LogP contribution in [0.2, 0.25) is 0 Å². The summed E-state index contributed by atoms with van der Waals surface area (Å²) >= 11 is 0. The first-order valence-corrected chi connectivity index (χ1v) is 7.17. The van der Waals surface area contributed by atoms with E-state index in [4.69, 9.17) is 9.53 Å². The van der Waals surface area contributed by atoms with Crippen LogP contribution in [-0.2, 0) is 14.4 Å². The van der Waals surface area contributed by atoms with Gasteiger partial charge in [-0.15, -0.1) is 0 Å². The largest absolute Gasteiger partial charge is 0.462 e. The number of carbonyl (C=O) groups is 2. The van der Waals surface area contributed by atoms with Crippen LogP contribution in [0.25, 0.3) is 0 Å². The highest BCUT2D eigenvalue weighted by atomic mass is 19.4. The molecule has 1 aliphatic heterocycles. The van der Waals surface area contributed by atoms with E-state index in [1.54, 1.807) is 6.92 Å². The van der Waals surface area contributed by atoms with Crippen LogP contribution in [0.4, 0.5) is 26.3 Å². The molecule has 1 aliphatic rings. The number of alkyl halides is 6. The lowest BCUT2D eigenvalue weighted by Gasteiger charge is -2.22. The minimum atomic E-state index is -4.94. The molecule has 1 N–H and O–H groups in total. The quantitative estimate of drug-likeness (QED) is 0.478. The second kappa shape index (κ2) is 8.37. The van der Waals surface area contributed by atoms with E-state index in [-0.39, 0.29) is 17.9 Å². The van der Waals surface area contributed by atoms with Crippen molar-refractivity contribution in [1.82, 2.24) is 0 Å². The van der Waals surface area contributed by atoms with E-state index in [0.717, 1.165) is 0 Å². The second-order valence-corrected chi connectivity index (χ2v) is 5.05. The molecule has 6 nitrogen and oxygen atoms in total. The standard InChI is InChI=1S/C13H12F3NO4.C2HF3O/c1-2-20-11(18)9-5-3-8(4-6-9)10-7-12(19,21-17-10)13(14,15)16;3-2(4,5)1-6/h3-6,19H,2,7H2,1H3;1H. The zero-order valence-electron chi connectivity index (χ0n) is 13.6. The van der Waals surface area contributed by atoms with Crippen molar-refractivity contribution in [3.05, 3.63) is 35.4 Å². The highest BCUT2D eigenvalue weighted by Gasteiger charge is 2.60. The van der Waals surface area contributed by atoms with E-state index in [2.05, 4.69) is 9.99 Å². The molecule has 0 saturated heterocycles. The molecule has 150 valence electrons. The van der Waals surface area contributed by atoms with Gasteiger partial charge in [-0.25, -0.2) is 4.79 Å². The Bertz CT molecular complexity index is 698. The van der Waals surface area contributed by atoms with Gasteiger partial charge in [0, 0.05) is 0 Å². The first-order valence-electron chi connectivity index (χ1n) is 7.17. The average Bonchev–Trinajstić information content (AvgIpc) is 2.99. The first-order chi connectivity index (χ1) is 12.3. The van der Waals surface area contributed by atoms with E-state index in [0.29, 0.717) is 5.56 Å². The van der Waals surface area contributed by atoms with Crippen LogP contribution in [0.15, 0.2) is 29.4 Å². The summed E-state index contributed by atoms with van der Waals surface area (Å²) in [5.74, 6) is -3.83. The molecule has 1 unspecified atom stereocenters. The number of benzene rings is 1. The topological polar surface area (TPSA) is 85.2 Å². The van der Waals surface area contributed by atoms with Gasteiger partial charge in [0.2, 0.25) is 6.29 Å². The molecule has 0 radical (unpaired) electrons. The van der Waals surface area contributed by atoms with Crippen molar-refractivity contribution in [2.45, 2.75) is 31.5 Å². The molecule has 0 aliphatic carbocycles. The van der Waals surface area contributed by atoms with Crippen LogP contribution in [0, 0.1) is 0 Å². The van der Waals surface area contributed by atoms with E-state index < -0.39 is 36.8 Å². The number of ether oxygens (including phenoxy) is 1. The predicted molar refractivity (Wildman–Crippen MR) is 77.8 cm³/mol. The summed E-state index contributed by atoms with van der Waals surface area (Å²) in [5, 5.41) is 12.6. The summed E-state index contributed by atoms with van der Waals surface area (Å²) in [7, 11) is 0. The summed E-state index contributed by atoms with van der Waals surface area (Å²) in [6, 6.07) is 5.63. The van der Waals surface area contributed by atoms with Crippen LogP contribution in [0.5, 0.6) is 0 Å². The lowest BCUT2D eigenvalue weighted by molar-refractivity contribution is -0.355. The number of halogens is 6. The van der Waals surface area contributed by atoms with Crippen LogP contribution >= 0.6 is 0 Å². The summed E-state index contributed by atoms with van der Waals surface area (Å²) in [6.45, 7) is 1.88.